The normalized spacial score (nSPS) is 18.0. The number of hydrogen-bond donors (Lipinski definition) is 1. The number of likely N-dealkylation sites (N-methyl/N-ethyl adjacent to an activating group) is 1. The first-order valence-corrected chi connectivity index (χ1v) is 11.6. The SMILES string of the molecule is CN(C(=O)c1cc2c(cc1C1CC1)nc(N)c1cnn(C)c12)C1COCc2nc(C(F)(F)F)ccc21. The van der Waals surface area contributed by atoms with Crippen LogP contribution in [0.4, 0.5) is 19.0 Å². The summed E-state index contributed by atoms with van der Waals surface area (Å²) in [5.74, 6) is 0.385. The summed E-state index contributed by atoms with van der Waals surface area (Å²) in [6, 6.07) is 5.56. The number of carbonyl (C=O) groups excluding carboxylic acids is 1. The third-order valence-electron chi connectivity index (χ3n) is 7.09. The van der Waals surface area contributed by atoms with E-state index in [2.05, 4.69) is 15.1 Å². The third-order valence-corrected chi connectivity index (χ3v) is 7.09. The van der Waals surface area contributed by atoms with Crippen molar-refractivity contribution in [1.82, 2.24) is 24.6 Å². The molecule has 0 spiro atoms. The first kappa shape index (κ1) is 22.7. The summed E-state index contributed by atoms with van der Waals surface area (Å²) in [4.78, 5) is 23.8. The van der Waals surface area contributed by atoms with Gasteiger partial charge in [-0.15, -0.1) is 0 Å². The molecule has 4 heterocycles. The van der Waals surface area contributed by atoms with Gasteiger partial charge in [0.15, 0.2) is 0 Å². The maximum Gasteiger partial charge on any atom is 0.433 e. The molecule has 186 valence electrons. The zero-order chi connectivity index (χ0) is 25.4. The fourth-order valence-electron chi connectivity index (χ4n) is 5.04. The lowest BCUT2D eigenvalue weighted by Crippen LogP contribution is -2.37. The second-order valence-corrected chi connectivity index (χ2v) is 9.44. The monoisotopic (exact) mass is 496 g/mol. The topological polar surface area (TPSA) is 99.2 Å². The van der Waals surface area contributed by atoms with E-state index >= 15 is 0 Å². The molecule has 1 aliphatic heterocycles. The summed E-state index contributed by atoms with van der Waals surface area (Å²) in [5.41, 5.74) is 8.86. The molecule has 1 atom stereocenters. The van der Waals surface area contributed by atoms with Crippen molar-refractivity contribution in [2.24, 2.45) is 7.05 Å². The Morgan fingerprint density at radius 3 is 2.67 bits per heavy atom. The number of nitrogen functional groups attached to an aromatic ring is 1. The van der Waals surface area contributed by atoms with Crippen LogP contribution in [0.1, 0.15) is 57.7 Å². The van der Waals surface area contributed by atoms with Gasteiger partial charge in [-0.05, 0) is 42.5 Å². The van der Waals surface area contributed by atoms with E-state index in [1.54, 1.807) is 17.9 Å². The highest BCUT2D eigenvalue weighted by Crippen LogP contribution is 2.44. The molecule has 0 saturated heterocycles. The van der Waals surface area contributed by atoms with E-state index < -0.39 is 17.9 Å². The van der Waals surface area contributed by atoms with Gasteiger partial charge in [0, 0.05) is 30.6 Å². The largest absolute Gasteiger partial charge is 0.433 e. The Balaban J connectivity index is 1.44. The Bertz CT molecular complexity index is 1540. The van der Waals surface area contributed by atoms with E-state index in [4.69, 9.17) is 10.5 Å². The first-order valence-electron chi connectivity index (χ1n) is 11.6. The second kappa shape index (κ2) is 7.89. The maximum atomic E-state index is 13.9. The smallest absolute Gasteiger partial charge is 0.383 e. The number of pyridine rings is 2. The number of carbonyl (C=O) groups is 1. The van der Waals surface area contributed by atoms with Crippen molar-refractivity contribution in [3.8, 4) is 0 Å². The highest BCUT2D eigenvalue weighted by Gasteiger charge is 2.37. The first-order chi connectivity index (χ1) is 17.1. The average Bonchev–Trinajstić information content (AvgIpc) is 3.62. The maximum absolute atomic E-state index is 13.9. The van der Waals surface area contributed by atoms with Crippen molar-refractivity contribution in [1.29, 1.82) is 0 Å². The summed E-state index contributed by atoms with van der Waals surface area (Å²) in [7, 11) is 3.45. The Labute approximate surface area is 203 Å². The molecule has 36 heavy (non-hydrogen) atoms. The molecular formula is C25H23F3N6O2. The van der Waals surface area contributed by atoms with Crippen LogP contribution in [0.15, 0.2) is 30.5 Å². The lowest BCUT2D eigenvalue weighted by atomic mass is 9.96. The molecule has 1 aliphatic carbocycles. The average molecular weight is 496 g/mol. The van der Waals surface area contributed by atoms with Crippen LogP contribution in [-0.4, -0.2) is 44.2 Å². The van der Waals surface area contributed by atoms with Crippen LogP contribution in [0.2, 0.25) is 0 Å². The number of anilines is 1. The molecule has 6 rings (SSSR count). The lowest BCUT2D eigenvalue weighted by molar-refractivity contribution is -0.141. The van der Waals surface area contributed by atoms with Crippen LogP contribution in [-0.2, 0) is 24.6 Å². The third kappa shape index (κ3) is 3.57. The molecule has 1 saturated carbocycles. The van der Waals surface area contributed by atoms with Gasteiger partial charge in [0.2, 0.25) is 0 Å². The fourth-order valence-corrected chi connectivity index (χ4v) is 5.04. The van der Waals surface area contributed by atoms with Crippen molar-refractivity contribution in [3.63, 3.8) is 0 Å². The molecule has 1 fully saturated rings. The van der Waals surface area contributed by atoms with Crippen LogP contribution in [0, 0.1) is 0 Å². The minimum Gasteiger partial charge on any atom is -0.383 e. The van der Waals surface area contributed by atoms with Gasteiger partial charge in [0.25, 0.3) is 5.91 Å². The zero-order valence-electron chi connectivity index (χ0n) is 19.6. The van der Waals surface area contributed by atoms with Gasteiger partial charge in [0.1, 0.15) is 11.5 Å². The van der Waals surface area contributed by atoms with Crippen LogP contribution >= 0.6 is 0 Å². The molecule has 4 aromatic rings. The molecule has 1 unspecified atom stereocenters. The highest BCUT2D eigenvalue weighted by atomic mass is 19.4. The minimum absolute atomic E-state index is 0.0351. The summed E-state index contributed by atoms with van der Waals surface area (Å²) in [6.07, 6.45) is -0.961. The van der Waals surface area contributed by atoms with Crippen molar-refractivity contribution < 1.29 is 22.7 Å². The molecule has 8 nitrogen and oxygen atoms in total. The van der Waals surface area contributed by atoms with E-state index in [9.17, 15) is 18.0 Å². The van der Waals surface area contributed by atoms with Gasteiger partial charge < -0.3 is 15.4 Å². The number of rotatable bonds is 3. The van der Waals surface area contributed by atoms with Crippen molar-refractivity contribution in [2.75, 3.05) is 19.4 Å². The molecular weight excluding hydrogens is 473 g/mol. The number of ether oxygens (including phenoxy) is 1. The van der Waals surface area contributed by atoms with Crippen LogP contribution in [0.5, 0.6) is 0 Å². The van der Waals surface area contributed by atoms with E-state index in [1.165, 1.54) is 11.0 Å². The minimum atomic E-state index is -4.55. The van der Waals surface area contributed by atoms with Gasteiger partial charge >= 0.3 is 6.18 Å². The number of fused-ring (bicyclic) bond motifs is 4. The Hall–Kier alpha value is -3.73. The van der Waals surface area contributed by atoms with Gasteiger partial charge in [-0.2, -0.15) is 18.3 Å². The number of nitrogens with two attached hydrogens (primary N) is 1. The number of nitrogens with zero attached hydrogens (tertiary/aromatic N) is 5. The number of hydrogen-bond acceptors (Lipinski definition) is 6. The molecule has 0 radical (unpaired) electrons. The highest BCUT2D eigenvalue weighted by molar-refractivity contribution is 6.10. The fraction of sp³-hybridized carbons (Fsp3) is 0.360. The summed E-state index contributed by atoms with van der Waals surface area (Å²) < 4.78 is 46.8. The quantitative estimate of drug-likeness (QED) is 0.453. The standard InChI is InChI=1S/C25H23F3N6O2/c1-33(20-11-36-10-19-13(20)5-6-21(31-19)25(26,27)28)24(35)15-7-16-18(8-14(15)12-3-4-12)32-23(29)17-9-30-34(2)22(16)17/h5-9,12,20H,3-4,10-11H2,1-2H3,(H2,29,32). The Morgan fingerprint density at radius 2 is 1.94 bits per heavy atom. The number of benzene rings is 1. The van der Waals surface area contributed by atoms with Gasteiger partial charge in [0.05, 0.1) is 47.6 Å². The Kier molecular flexibility index (Phi) is 4.98. The van der Waals surface area contributed by atoms with Crippen LogP contribution in [0.25, 0.3) is 21.8 Å². The molecule has 1 amide bonds. The van der Waals surface area contributed by atoms with Gasteiger partial charge in [-0.25, -0.2) is 9.97 Å². The molecule has 2 N–H and O–H groups in total. The Morgan fingerprint density at radius 1 is 1.17 bits per heavy atom. The van der Waals surface area contributed by atoms with E-state index in [-0.39, 0.29) is 30.7 Å². The van der Waals surface area contributed by atoms with Gasteiger partial charge in [-0.1, -0.05) is 6.07 Å². The second-order valence-electron chi connectivity index (χ2n) is 9.44. The number of aromatic nitrogens is 4. The predicted octanol–water partition coefficient (Wildman–Crippen LogP) is 4.34. The summed E-state index contributed by atoms with van der Waals surface area (Å²) in [6.45, 7) is 0.130. The van der Waals surface area contributed by atoms with Gasteiger partial charge in [-0.3, -0.25) is 9.48 Å². The predicted molar refractivity (Wildman–Crippen MR) is 126 cm³/mol. The van der Waals surface area contributed by atoms with Crippen molar-refractivity contribution in [2.45, 2.75) is 37.6 Å². The van der Waals surface area contributed by atoms with Crippen molar-refractivity contribution in [3.05, 3.63) is 58.5 Å². The molecule has 1 aromatic carbocycles. The molecule has 0 bridgehead atoms. The number of amides is 1. The summed E-state index contributed by atoms with van der Waals surface area (Å²) >= 11 is 0. The lowest BCUT2D eigenvalue weighted by Gasteiger charge is -2.33. The van der Waals surface area contributed by atoms with Crippen molar-refractivity contribution >= 4 is 33.5 Å². The number of halogens is 3. The van der Waals surface area contributed by atoms with Crippen LogP contribution in [0.3, 0.4) is 0 Å². The summed E-state index contributed by atoms with van der Waals surface area (Å²) in [5, 5.41) is 5.77. The van der Waals surface area contributed by atoms with E-state index in [0.29, 0.717) is 27.8 Å². The van der Waals surface area contributed by atoms with E-state index in [1.807, 2.05) is 19.2 Å². The number of alkyl halides is 3. The zero-order valence-corrected chi connectivity index (χ0v) is 19.6. The molecule has 2 aliphatic rings. The van der Waals surface area contributed by atoms with E-state index in [0.717, 1.165) is 35.4 Å². The molecule has 3 aromatic heterocycles. The van der Waals surface area contributed by atoms with Crippen LogP contribution < -0.4 is 5.73 Å². The molecule has 11 heteroatoms. The number of aryl methyl sites for hydroxylation is 1.